The standard InChI is InChI=1S/C25H32N4O3/c1-25(2,17-28(3)4)16-26-24(30)21-15-29(18-10-8-7-9-11-18)27-23(21)20-14-19(31-5)12-13-22(20)32-6/h7-15H,16-17H2,1-6H3,(H,26,30). The van der Waals surface area contributed by atoms with Crippen molar-refractivity contribution in [2.45, 2.75) is 13.8 Å². The highest BCUT2D eigenvalue weighted by Crippen LogP contribution is 2.35. The lowest BCUT2D eigenvalue weighted by Crippen LogP contribution is -2.40. The third kappa shape index (κ3) is 5.48. The van der Waals surface area contributed by atoms with Crippen molar-refractivity contribution in [2.75, 3.05) is 41.4 Å². The fourth-order valence-electron chi connectivity index (χ4n) is 3.78. The largest absolute Gasteiger partial charge is 0.497 e. The predicted octanol–water partition coefficient (Wildman–Crippen LogP) is 3.87. The summed E-state index contributed by atoms with van der Waals surface area (Å²) in [5, 5.41) is 7.86. The third-order valence-corrected chi connectivity index (χ3v) is 5.11. The summed E-state index contributed by atoms with van der Waals surface area (Å²) < 4.78 is 12.7. The van der Waals surface area contributed by atoms with Crippen LogP contribution >= 0.6 is 0 Å². The van der Waals surface area contributed by atoms with E-state index in [-0.39, 0.29) is 11.3 Å². The fraction of sp³-hybridized carbons (Fsp3) is 0.360. The van der Waals surface area contributed by atoms with Gasteiger partial charge in [-0.05, 0) is 49.8 Å². The van der Waals surface area contributed by atoms with Gasteiger partial charge < -0.3 is 19.7 Å². The van der Waals surface area contributed by atoms with E-state index >= 15 is 0 Å². The Bertz CT molecular complexity index is 1060. The molecule has 1 amide bonds. The van der Waals surface area contributed by atoms with Gasteiger partial charge in [0.2, 0.25) is 0 Å². The molecule has 0 radical (unpaired) electrons. The summed E-state index contributed by atoms with van der Waals surface area (Å²) in [7, 11) is 7.26. The Labute approximate surface area is 190 Å². The normalized spacial score (nSPS) is 11.5. The van der Waals surface area contributed by atoms with Crippen LogP contribution in [-0.2, 0) is 0 Å². The number of carbonyl (C=O) groups is 1. The van der Waals surface area contributed by atoms with Crippen LogP contribution in [0, 0.1) is 5.41 Å². The average molecular weight is 437 g/mol. The third-order valence-electron chi connectivity index (χ3n) is 5.11. The second-order valence-electron chi connectivity index (χ2n) is 8.82. The van der Waals surface area contributed by atoms with E-state index in [1.54, 1.807) is 25.1 Å². The Hall–Kier alpha value is -3.32. The summed E-state index contributed by atoms with van der Waals surface area (Å²) in [6.07, 6.45) is 1.76. The number of hydrogen-bond donors (Lipinski definition) is 1. The zero-order valence-electron chi connectivity index (χ0n) is 19.7. The summed E-state index contributed by atoms with van der Waals surface area (Å²) in [6.45, 7) is 5.65. The van der Waals surface area contributed by atoms with Gasteiger partial charge in [0.15, 0.2) is 0 Å². The topological polar surface area (TPSA) is 68.6 Å². The highest BCUT2D eigenvalue weighted by Gasteiger charge is 2.25. The SMILES string of the molecule is COc1ccc(OC)c(-c2nn(-c3ccccc3)cc2C(=O)NCC(C)(C)CN(C)C)c1. The molecule has 0 saturated heterocycles. The van der Waals surface area contributed by atoms with Crippen LogP contribution in [0.25, 0.3) is 16.9 Å². The maximum atomic E-state index is 13.3. The van der Waals surface area contributed by atoms with Gasteiger partial charge in [0.25, 0.3) is 5.91 Å². The number of carbonyl (C=O) groups excluding carboxylic acids is 1. The van der Waals surface area contributed by atoms with E-state index < -0.39 is 0 Å². The number of methoxy groups -OCH3 is 2. The molecule has 0 fully saturated rings. The first kappa shape index (κ1) is 23.3. The van der Waals surface area contributed by atoms with Crippen molar-refractivity contribution in [2.24, 2.45) is 5.41 Å². The molecular weight excluding hydrogens is 404 g/mol. The van der Waals surface area contributed by atoms with Crippen molar-refractivity contribution in [1.82, 2.24) is 20.0 Å². The van der Waals surface area contributed by atoms with Crippen LogP contribution in [0.2, 0.25) is 0 Å². The molecule has 0 saturated carbocycles. The molecule has 3 rings (SSSR count). The van der Waals surface area contributed by atoms with E-state index in [4.69, 9.17) is 14.6 Å². The zero-order valence-corrected chi connectivity index (χ0v) is 19.7. The molecule has 170 valence electrons. The molecule has 0 aliphatic heterocycles. The second-order valence-corrected chi connectivity index (χ2v) is 8.82. The van der Waals surface area contributed by atoms with Crippen LogP contribution in [0.3, 0.4) is 0 Å². The molecular formula is C25H32N4O3. The lowest BCUT2D eigenvalue weighted by Gasteiger charge is -2.28. The minimum absolute atomic E-state index is 0.0809. The number of aromatic nitrogens is 2. The number of nitrogens with zero attached hydrogens (tertiary/aromatic N) is 3. The van der Waals surface area contributed by atoms with Crippen molar-refractivity contribution in [1.29, 1.82) is 0 Å². The monoisotopic (exact) mass is 436 g/mol. The molecule has 0 aliphatic rings. The summed E-state index contributed by atoms with van der Waals surface area (Å²) in [4.78, 5) is 15.4. The van der Waals surface area contributed by atoms with Gasteiger partial charge in [-0.25, -0.2) is 4.68 Å². The number of hydrogen-bond acceptors (Lipinski definition) is 5. The lowest BCUT2D eigenvalue weighted by atomic mass is 9.93. The van der Waals surface area contributed by atoms with Gasteiger partial charge in [-0.3, -0.25) is 4.79 Å². The first-order chi connectivity index (χ1) is 15.2. The fourth-order valence-corrected chi connectivity index (χ4v) is 3.78. The molecule has 0 spiro atoms. The molecule has 2 aromatic carbocycles. The maximum Gasteiger partial charge on any atom is 0.255 e. The van der Waals surface area contributed by atoms with Crippen LogP contribution in [0.5, 0.6) is 11.5 Å². The van der Waals surface area contributed by atoms with Gasteiger partial charge in [-0.2, -0.15) is 5.10 Å². The minimum Gasteiger partial charge on any atom is -0.497 e. The first-order valence-corrected chi connectivity index (χ1v) is 10.5. The van der Waals surface area contributed by atoms with Gasteiger partial charge >= 0.3 is 0 Å². The molecule has 7 heteroatoms. The molecule has 1 heterocycles. The van der Waals surface area contributed by atoms with Crippen LogP contribution < -0.4 is 14.8 Å². The van der Waals surface area contributed by atoms with Gasteiger partial charge in [0, 0.05) is 24.8 Å². The van der Waals surface area contributed by atoms with Crippen molar-refractivity contribution in [3.63, 3.8) is 0 Å². The van der Waals surface area contributed by atoms with Gasteiger partial charge in [-0.1, -0.05) is 32.0 Å². The number of benzene rings is 2. The zero-order chi connectivity index (χ0) is 23.3. The summed E-state index contributed by atoms with van der Waals surface area (Å²) in [5.74, 6) is 1.10. The summed E-state index contributed by atoms with van der Waals surface area (Å²) in [5.41, 5.74) is 2.48. The number of para-hydroxylation sites is 1. The van der Waals surface area contributed by atoms with Crippen molar-refractivity contribution < 1.29 is 14.3 Å². The van der Waals surface area contributed by atoms with E-state index in [9.17, 15) is 4.79 Å². The molecule has 0 atom stereocenters. The van der Waals surface area contributed by atoms with E-state index in [1.165, 1.54) is 0 Å². The van der Waals surface area contributed by atoms with Gasteiger partial charge in [0.1, 0.15) is 17.2 Å². The molecule has 0 aliphatic carbocycles. The van der Waals surface area contributed by atoms with Crippen LogP contribution in [-0.4, -0.2) is 62.0 Å². The molecule has 3 aromatic rings. The molecule has 1 N–H and O–H groups in total. The lowest BCUT2D eigenvalue weighted by molar-refractivity contribution is 0.0930. The van der Waals surface area contributed by atoms with Gasteiger partial charge in [-0.15, -0.1) is 0 Å². The number of nitrogens with one attached hydrogen (secondary N) is 1. The first-order valence-electron chi connectivity index (χ1n) is 10.5. The van der Waals surface area contributed by atoms with E-state index in [0.717, 1.165) is 12.2 Å². The molecule has 0 unspecified atom stereocenters. The summed E-state index contributed by atoms with van der Waals surface area (Å²) in [6, 6.07) is 15.2. The van der Waals surface area contributed by atoms with Gasteiger partial charge in [0.05, 0.1) is 25.5 Å². The van der Waals surface area contributed by atoms with Crippen LogP contribution in [0.4, 0.5) is 0 Å². The number of amides is 1. The Kier molecular flexibility index (Phi) is 7.20. The second kappa shape index (κ2) is 9.87. The Morgan fingerprint density at radius 2 is 1.81 bits per heavy atom. The van der Waals surface area contributed by atoms with E-state index in [1.807, 2.05) is 62.6 Å². The van der Waals surface area contributed by atoms with Crippen LogP contribution in [0.1, 0.15) is 24.2 Å². The molecule has 1 aromatic heterocycles. The predicted molar refractivity (Wildman–Crippen MR) is 127 cm³/mol. The number of rotatable bonds is 9. The maximum absolute atomic E-state index is 13.3. The quantitative estimate of drug-likeness (QED) is 0.551. The van der Waals surface area contributed by atoms with Crippen molar-refractivity contribution >= 4 is 5.91 Å². The van der Waals surface area contributed by atoms with Crippen molar-refractivity contribution in [3.05, 3.63) is 60.3 Å². The Morgan fingerprint density at radius 3 is 2.44 bits per heavy atom. The number of ether oxygens (including phenoxy) is 2. The Morgan fingerprint density at radius 1 is 1.09 bits per heavy atom. The molecule has 7 nitrogen and oxygen atoms in total. The van der Waals surface area contributed by atoms with Crippen molar-refractivity contribution in [3.8, 4) is 28.4 Å². The minimum atomic E-state index is -0.182. The van der Waals surface area contributed by atoms with E-state index in [2.05, 4.69) is 24.1 Å². The molecule has 32 heavy (non-hydrogen) atoms. The highest BCUT2D eigenvalue weighted by molar-refractivity contribution is 6.00. The molecule has 0 bridgehead atoms. The summed E-state index contributed by atoms with van der Waals surface area (Å²) >= 11 is 0. The smallest absolute Gasteiger partial charge is 0.255 e. The van der Waals surface area contributed by atoms with E-state index in [0.29, 0.717) is 34.9 Å². The van der Waals surface area contributed by atoms with Crippen LogP contribution in [0.15, 0.2) is 54.7 Å². The average Bonchev–Trinajstić information content (AvgIpc) is 3.22. The Balaban J connectivity index is 2.03. The highest BCUT2D eigenvalue weighted by atomic mass is 16.5.